The summed E-state index contributed by atoms with van der Waals surface area (Å²) < 4.78 is 33.4. The van der Waals surface area contributed by atoms with E-state index in [2.05, 4.69) is 20.9 Å². The van der Waals surface area contributed by atoms with Gasteiger partial charge in [-0.15, -0.1) is 0 Å². The number of carbonyl (C=O) groups excluding carboxylic acids is 1. The fourth-order valence-corrected chi connectivity index (χ4v) is 1.74. The molecular formula is C13H17BrF2N2O2. The number of aromatic nitrogens is 1. The summed E-state index contributed by atoms with van der Waals surface area (Å²) in [6.45, 7) is 4.22. The smallest absolute Gasteiger partial charge is 0.410 e. The summed E-state index contributed by atoms with van der Waals surface area (Å²) in [6.07, 6.45) is -0.799. The minimum atomic E-state index is -3.25. The first-order valence-corrected chi connectivity index (χ1v) is 6.75. The van der Waals surface area contributed by atoms with E-state index in [1.54, 1.807) is 26.8 Å². The number of pyridine rings is 1. The molecule has 1 heterocycles. The van der Waals surface area contributed by atoms with Crippen molar-refractivity contribution in [2.24, 2.45) is 0 Å². The van der Waals surface area contributed by atoms with Crippen LogP contribution in [-0.4, -0.2) is 35.2 Å². The molecular weight excluding hydrogens is 334 g/mol. The third-order valence-electron chi connectivity index (χ3n) is 2.23. The average Bonchev–Trinajstić information content (AvgIpc) is 2.26. The predicted molar refractivity (Wildman–Crippen MR) is 74.7 cm³/mol. The number of nitrogens with zero attached hydrogens (tertiary/aromatic N) is 2. The molecule has 1 amide bonds. The minimum Gasteiger partial charge on any atom is -0.444 e. The second kappa shape index (κ2) is 6.03. The highest BCUT2D eigenvalue weighted by atomic mass is 79.9. The van der Waals surface area contributed by atoms with Crippen molar-refractivity contribution >= 4 is 22.0 Å². The Morgan fingerprint density at radius 2 is 2.00 bits per heavy atom. The van der Waals surface area contributed by atoms with Gasteiger partial charge < -0.3 is 9.64 Å². The van der Waals surface area contributed by atoms with Gasteiger partial charge in [-0.2, -0.15) is 8.78 Å². The molecule has 0 bridgehead atoms. The van der Waals surface area contributed by atoms with Gasteiger partial charge in [0.15, 0.2) is 0 Å². The van der Waals surface area contributed by atoms with E-state index < -0.39 is 29.9 Å². The monoisotopic (exact) mass is 350 g/mol. The van der Waals surface area contributed by atoms with Crippen LogP contribution in [0.15, 0.2) is 22.8 Å². The molecule has 0 aliphatic rings. The summed E-state index contributed by atoms with van der Waals surface area (Å²) in [6, 6.07) is 4.23. The summed E-state index contributed by atoms with van der Waals surface area (Å²) >= 11 is 3.04. The first-order chi connectivity index (χ1) is 9.01. The third kappa shape index (κ3) is 5.03. The Labute approximate surface area is 125 Å². The Balaban J connectivity index is 2.78. The van der Waals surface area contributed by atoms with E-state index in [0.717, 1.165) is 4.90 Å². The summed E-state index contributed by atoms with van der Waals surface area (Å²) in [7, 11) is 1.26. The van der Waals surface area contributed by atoms with Gasteiger partial charge >= 0.3 is 12.0 Å². The summed E-state index contributed by atoms with van der Waals surface area (Å²) in [5, 5.41) is 0. The Bertz CT molecular complexity index is 490. The van der Waals surface area contributed by atoms with Crippen LogP contribution in [0.2, 0.25) is 0 Å². The van der Waals surface area contributed by atoms with Crippen molar-refractivity contribution in [2.45, 2.75) is 32.3 Å². The molecule has 0 spiro atoms. The highest BCUT2D eigenvalue weighted by molar-refractivity contribution is 9.10. The molecule has 0 atom stereocenters. The fourth-order valence-electron chi connectivity index (χ4n) is 1.40. The van der Waals surface area contributed by atoms with Gasteiger partial charge in [-0.05, 0) is 48.8 Å². The van der Waals surface area contributed by atoms with Gasteiger partial charge in [-0.25, -0.2) is 9.78 Å². The number of hydrogen-bond donors (Lipinski definition) is 0. The van der Waals surface area contributed by atoms with E-state index in [4.69, 9.17) is 4.74 Å². The first-order valence-electron chi connectivity index (χ1n) is 5.96. The average molecular weight is 351 g/mol. The maximum absolute atomic E-state index is 14.0. The van der Waals surface area contributed by atoms with Crippen LogP contribution in [0.4, 0.5) is 13.6 Å². The molecule has 0 aliphatic heterocycles. The number of alkyl halides is 2. The van der Waals surface area contributed by atoms with Crippen molar-refractivity contribution < 1.29 is 18.3 Å². The quantitative estimate of drug-likeness (QED) is 0.778. The van der Waals surface area contributed by atoms with Gasteiger partial charge in [0.05, 0.1) is 6.54 Å². The van der Waals surface area contributed by atoms with Gasteiger partial charge in [0.2, 0.25) is 0 Å². The number of carbonyl (C=O) groups is 1. The number of halogens is 3. The van der Waals surface area contributed by atoms with Crippen LogP contribution in [0.1, 0.15) is 26.5 Å². The molecule has 1 aromatic rings. The normalized spacial score (nSPS) is 12.2. The van der Waals surface area contributed by atoms with Crippen LogP contribution >= 0.6 is 15.9 Å². The van der Waals surface area contributed by atoms with Crippen molar-refractivity contribution in [3.8, 4) is 0 Å². The van der Waals surface area contributed by atoms with E-state index in [0.29, 0.717) is 4.60 Å². The molecule has 0 radical (unpaired) electrons. The van der Waals surface area contributed by atoms with Crippen molar-refractivity contribution in [2.75, 3.05) is 13.6 Å². The van der Waals surface area contributed by atoms with E-state index in [1.807, 2.05) is 0 Å². The van der Waals surface area contributed by atoms with Crippen LogP contribution in [0.5, 0.6) is 0 Å². The van der Waals surface area contributed by atoms with Gasteiger partial charge in [-0.3, -0.25) is 0 Å². The van der Waals surface area contributed by atoms with Gasteiger partial charge in [-0.1, -0.05) is 6.07 Å². The zero-order chi connectivity index (χ0) is 15.6. The number of likely N-dealkylation sites (N-methyl/N-ethyl adjacent to an activating group) is 1. The SMILES string of the molecule is CN(CC(F)(F)c1cccc(Br)n1)C(=O)OC(C)(C)C. The second-order valence-corrected chi connectivity index (χ2v) is 6.20. The predicted octanol–water partition coefficient (Wildman–Crippen LogP) is 3.80. The zero-order valence-electron chi connectivity index (χ0n) is 11.8. The van der Waals surface area contributed by atoms with Crippen LogP contribution in [0.3, 0.4) is 0 Å². The van der Waals surface area contributed by atoms with Crippen molar-refractivity contribution in [3.63, 3.8) is 0 Å². The summed E-state index contributed by atoms with van der Waals surface area (Å²) in [5.41, 5.74) is -1.13. The zero-order valence-corrected chi connectivity index (χ0v) is 13.4. The standard InChI is InChI=1S/C13H17BrF2N2O2/c1-12(2,3)20-11(19)18(4)8-13(15,16)9-6-5-7-10(14)17-9/h5-7H,8H2,1-4H3. The lowest BCUT2D eigenvalue weighted by atomic mass is 10.2. The Morgan fingerprint density at radius 1 is 1.40 bits per heavy atom. The molecule has 0 saturated heterocycles. The van der Waals surface area contributed by atoms with Gasteiger partial charge in [0.1, 0.15) is 15.9 Å². The van der Waals surface area contributed by atoms with Gasteiger partial charge in [0.25, 0.3) is 0 Å². The van der Waals surface area contributed by atoms with E-state index in [9.17, 15) is 13.6 Å². The first kappa shape index (κ1) is 16.8. The molecule has 112 valence electrons. The maximum atomic E-state index is 14.0. The van der Waals surface area contributed by atoms with E-state index in [-0.39, 0.29) is 0 Å². The number of ether oxygens (including phenoxy) is 1. The van der Waals surface area contributed by atoms with Crippen LogP contribution in [0, 0.1) is 0 Å². The minimum absolute atomic E-state index is 0.314. The van der Waals surface area contributed by atoms with Crippen LogP contribution < -0.4 is 0 Å². The molecule has 20 heavy (non-hydrogen) atoms. The summed E-state index contributed by atoms with van der Waals surface area (Å²) in [4.78, 5) is 16.2. The van der Waals surface area contributed by atoms with Gasteiger partial charge in [0, 0.05) is 7.05 Å². The Morgan fingerprint density at radius 3 is 2.50 bits per heavy atom. The summed E-state index contributed by atoms with van der Waals surface area (Å²) in [5.74, 6) is -3.25. The van der Waals surface area contributed by atoms with Crippen molar-refractivity contribution in [1.82, 2.24) is 9.88 Å². The fraction of sp³-hybridized carbons (Fsp3) is 0.538. The van der Waals surface area contributed by atoms with E-state index >= 15 is 0 Å². The molecule has 0 aromatic carbocycles. The molecule has 1 aromatic heterocycles. The molecule has 7 heteroatoms. The third-order valence-corrected chi connectivity index (χ3v) is 2.67. The highest BCUT2D eigenvalue weighted by Crippen LogP contribution is 2.28. The molecule has 0 N–H and O–H groups in total. The highest BCUT2D eigenvalue weighted by Gasteiger charge is 2.37. The molecule has 0 aliphatic carbocycles. The van der Waals surface area contributed by atoms with Crippen molar-refractivity contribution in [3.05, 3.63) is 28.5 Å². The lowest BCUT2D eigenvalue weighted by Gasteiger charge is -2.27. The molecule has 4 nitrogen and oxygen atoms in total. The lowest BCUT2D eigenvalue weighted by molar-refractivity contribution is -0.0441. The number of amides is 1. The second-order valence-electron chi connectivity index (χ2n) is 5.39. The largest absolute Gasteiger partial charge is 0.444 e. The maximum Gasteiger partial charge on any atom is 0.410 e. The molecule has 0 unspecified atom stereocenters. The molecule has 1 rings (SSSR count). The number of hydrogen-bond acceptors (Lipinski definition) is 3. The Kier molecular flexibility index (Phi) is 5.07. The molecule has 0 saturated carbocycles. The topological polar surface area (TPSA) is 42.4 Å². The van der Waals surface area contributed by atoms with Crippen molar-refractivity contribution in [1.29, 1.82) is 0 Å². The van der Waals surface area contributed by atoms with Crippen LogP contribution in [0.25, 0.3) is 0 Å². The van der Waals surface area contributed by atoms with E-state index in [1.165, 1.54) is 19.2 Å². The molecule has 0 fully saturated rings. The lowest BCUT2D eigenvalue weighted by Crippen LogP contribution is -2.40. The Hall–Kier alpha value is -1.24. The van der Waals surface area contributed by atoms with Crippen LogP contribution in [-0.2, 0) is 10.7 Å². The number of rotatable bonds is 3.